The lowest BCUT2D eigenvalue weighted by molar-refractivity contribution is 0.123. The smallest absolute Gasteiger partial charge is 0.0931 e. The first-order chi connectivity index (χ1) is 10.2. The van der Waals surface area contributed by atoms with Crippen LogP contribution in [0.15, 0.2) is 24.3 Å². The number of nitrogens with zero attached hydrogens (tertiary/aromatic N) is 2. The van der Waals surface area contributed by atoms with Gasteiger partial charge in [-0.1, -0.05) is 29.8 Å². The van der Waals surface area contributed by atoms with Crippen molar-refractivity contribution in [3.8, 4) is 0 Å². The van der Waals surface area contributed by atoms with Crippen molar-refractivity contribution in [3.05, 3.63) is 34.9 Å². The summed E-state index contributed by atoms with van der Waals surface area (Å²) in [5.74, 6) is 0.765. The number of rotatable bonds is 5. The molecule has 0 amide bonds. The molecule has 3 rings (SSSR count). The summed E-state index contributed by atoms with van der Waals surface area (Å²) >= 11 is 6.16. The van der Waals surface area contributed by atoms with Gasteiger partial charge in [-0.15, -0.1) is 0 Å². The SMILES string of the molecule is OC(CN1CCC(CN2CCCC2)C1)c1ccccc1Cl. The second-order valence-electron chi connectivity index (χ2n) is 6.46. The number of benzene rings is 1. The molecule has 2 atom stereocenters. The van der Waals surface area contributed by atoms with E-state index in [-0.39, 0.29) is 0 Å². The molecule has 0 bridgehead atoms. The molecular formula is C17H25ClN2O. The van der Waals surface area contributed by atoms with E-state index in [1.807, 2.05) is 24.3 Å². The average molecular weight is 309 g/mol. The van der Waals surface area contributed by atoms with Crippen LogP contribution in [0, 0.1) is 5.92 Å². The molecule has 0 spiro atoms. The molecule has 2 saturated heterocycles. The number of halogens is 1. The fourth-order valence-electron chi connectivity index (χ4n) is 3.65. The molecule has 21 heavy (non-hydrogen) atoms. The Morgan fingerprint density at radius 3 is 2.67 bits per heavy atom. The fraction of sp³-hybridized carbons (Fsp3) is 0.647. The third-order valence-electron chi connectivity index (χ3n) is 4.78. The van der Waals surface area contributed by atoms with E-state index in [1.165, 1.54) is 38.9 Å². The summed E-state index contributed by atoms with van der Waals surface area (Å²) < 4.78 is 0. The molecule has 3 nitrogen and oxygen atoms in total. The van der Waals surface area contributed by atoms with Gasteiger partial charge in [-0.25, -0.2) is 0 Å². The Kier molecular flexibility index (Phi) is 5.17. The lowest BCUT2D eigenvalue weighted by atomic mass is 10.1. The fourth-order valence-corrected chi connectivity index (χ4v) is 3.91. The van der Waals surface area contributed by atoms with Crippen molar-refractivity contribution in [2.24, 2.45) is 5.92 Å². The molecule has 2 aliphatic rings. The Hall–Kier alpha value is -0.610. The zero-order valence-electron chi connectivity index (χ0n) is 12.5. The molecule has 0 saturated carbocycles. The van der Waals surface area contributed by atoms with E-state index in [0.29, 0.717) is 11.6 Å². The van der Waals surface area contributed by atoms with Crippen LogP contribution in [0.2, 0.25) is 5.02 Å². The topological polar surface area (TPSA) is 26.7 Å². The van der Waals surface area contributed by atoms with E-state index in [4.69, 9.17) is 11.6 Å². The van der Waals surface area contributed by atoms with E-state index in [2.05, 4.69) is 9.80 Å². The molecule has 116 valence electrons. The normalized spacial score (nSPS) is 25.5. The summed E-state index contributed by atoms with van der Waals surface area (Å²) in [6, 6.07) is 7.61. The minimum atomic E-state index is -0.482. The van der Waals surface area contributed by atoms with Gasteiger partial charge >= 0.3 is 0 Å². The summed E-state index contributed by atoms with van der Waals surface area (Å²) in [6.07, 6.45) is 3.50. The van der Waals surface area contributed by atoms with Crippen LogP contribution >= 0.6 is 11.6 Å². The van der Waals surface area contributed by atoms with Crippen LogP contribution < -0.4 is 0 Å². The molecule has 1 N–H and O–H groups in total. The van der Waals surface area contributed by atoms with E-state index in [9.17, 15) is 5.11 Å². The minimum absolute atomic E-state index is 0.482. The summed E-state index contributed by atoms with van der Waals surface area (Å²) in [4.78, 5) is 4.98. The number of aliphatic hydroxyl groups is 1. The monoisotopic (exact) mass is 308 g/mol. The van der Waals surface area contributed by atoms with Gasteiger partial charge in [0.15, 0.2) is 0 Å². The third kappa shape index (κ3) is 3.98. The molecule has 1 aromatic carbocycles. The van der Waals surface area contributed by atoms with Crippen LogP contribution in [-0.4, -0.2) is 54.2 Å². The molecule has 0 aromatic heterocycles. The van der Waals surface area contributed by atoms with Crippen molar-refractivity contribution >= 4 is 11.6 Å². The number of β-amino-alcohol motifs (C(OH)–C–C–N with tert-alkyl or cyclic N) is 1. The van der Waals surface area contributed by atoms with Gasteiger partial charge in [0.25, 0.3) is 0 Å². The van der Waals surface area contributed by atoms with Crippen LogP contribution in [0.1, 0.15) is 30.9 Å². The highest BCUT2D eigenvalue weighted by Gasteiger charge is 2.27. The molecule has 0 radical (unpaired) electrons. The molecule has 2 unspecified atom stereocenters. The highest BCUT2D eigenvalue weighted by molar-refractivity contribution is 6.31. The Bertz CT molecular complexity index is 462. The van der Waals surface area contributed by atoms with Gasteiger partial charge in [0.05, 0.1) is 6.10 Å². The maximum atomic E-state index is 10.4. The van der Waals surface area contributed by atoms with Crippen LogP contribution in [-0.2, 0) is 0 Å². The van der Waals surface area contributed by atoms with Gasteiger partial charge in [0.2, 0.25) is 0 Å². The average Bonchev–Trinajstić information content (AvgIpc) is 3.12. The maximum Gasteiger partial charge on any atom is 0.0931 e. The van der Waals surface area contributed by atoms with Crippen molar-refractivity contribution in [2.45, 2.75) is 25.4 Å². The molecule has 2 fully saturated rings. The zero-order chi connectivity index (χ0) is 14.7. The number of hydrogen-bond donors (Lipinski definition) is 1. The van der Waals surface area contributed by atoms with E-state index >= 15 is 0 Å². The Balaban J connectivity index is 1.49. The molecule has 2 aliphatic heterocycles. The van der Waals surface area contributed by atoms with Crippen LogP contribution in [0.3, 0.4) is 0 Å². The Morgan fingerprint density at radius 1 is 1.14 bits per heavy atom. The van der Waals surface area contributed by atoms with Gasteiger partial charge in [-0.3, -0.25) is 0 Å². The lowest BCUT2D eigenvalue weighted by Gasteiger charge is -2.22. The van der Waals surface area contributed by atoms with E-state index in [0.717, 1.165) is 24.6 Å². The van der Waals surface area contributed by atoms with Crippen LogP contribution in [0.25, 0.3) is 0 Å². The third-order valence-corrected chi connectivity index (χ3v) is 5.12. The minimum Gasteiger partial charge on any atom is -0.387 e. The van der Waals surface area contributed by atoms with Gasteiger partial charge in [-0.05, 0) is 50.9 Å². The summed E-state index contributed by atoms with van der Waals surface area (Å²) in [5, 5.41) is 11.1. The molecule has 4 heteroatoms. The van der Waals surface area contributed by atoms with Crippen molar-refractivity contribution in [1.82, 2.24) is 9.80 Å². The second-order valence-corrected chi connectivity index (χ2v) is 6.87. The predicted octanol–water partition coefficient (Wildman–Crippen LogP) is 2.79. The molecular weight excluding hydrogens is 284 g/mol. The largest absolute Gasteiger partial charge is 0.387 e. The van der Waals surface area contributed by atoms with Crippen molar-refractivity contribution in [1.29, 1.82) is 0 Å². The van der Waals surface area contributed by atoms with Crippen LogP contribution in [0.4, 0.5) is 0 Å². The van der Waals surface area contributed by atoms with Crippen LogP contribution in [0.5, 0.6) is 0 Å². The molecule has 0 aliphatic carbocycles. The van der Waals surface area contributed by atoms with Gasteiger partial charge < -0.3 is 14.9 Å². The summed E-state index contributed by atoms with van der Waals surface area (Å²) in [7, 11) is 0. The zero-order valence-corrected chi connectivity index (χ0v) is 13.3. The summed E-state index contributed by atoms with van der Waals surface area (Å²) in [5.41, 5.74) is 0.849. The first-order valence-electron chi connectivity index (χ1n) is 8.09. The van der Waals surface area contributed by atoms with Gasteiger partial charge in [0.1, 0.15) is 0 Å². The maximum absolute atomic E-state index is 10.4. The van der Waals surface area contributed by atoms with Crippen molar-refractivity contribution in [3.63, 3.8) is 0 Å². The van der Waals surface area contributed by atoms with Gasteiger partial charge in [-0.2, -0.15) is 0 Å². The number of hydrogen-bond acceptors (Lipinski definition) is 3. The Labute approximate surface area is 132 Å². The quantitative estimate of drug-likeness (QED) is 0.906. The number of aliphatic hydroxyl groups excluding tert-OH is 1. The van der Waals surface area contributed by atoms with Crippen molar-refractivity contribution in [2.75, 3.05) is 39.3 Å². The molecule has 2 heterocycles. The summed E-state index contributed by atoms with van der Waals surface area (Å²) in [6.45, 7) is 6.69. The standard InChI is InChI=1S/C17H25ClN2O/c18-16-6-2-1-5-15(16)17(21)13-20-10-7-14(12-20)11-19-8-3-4-9-19/h1-2,5-6,14,17,21H,3-4,7-13H2. The number of likely N-dealkylation sites (tertiary alicyclic amines) is 2. The Morgan fingerprint density at radius 2 is 1.90 bits per heavy atom. The predicted molar refractivity (Wildman–Crippen MR) is 86.6 cm³/mol. The highest BCUT2D eigenvalue weighted by Crippen LogP contribution is 2.26. The first-order valence-corrected chi connectivity index (χ1v) is 8.47. The first kappa shape index (κ1) is 15.3. The highest BCUT2D eigenvalue weighted by atomic mass is 35.5. The van der Waals surface area contributed by atoms with Gasteiger partial charge in [0, 0.05) is 30.2 Å². The van der Waals surface area contributed by atoms with E-state index in [1.54, 1.807) is 0 Å². The van der Waals surface area contributed by atoms with E-state index < -0.39 is 6.10 Å². The lowest BCUT2D eigenvalue weighted by Crippen LogP contribution is -2.30. The second kappa shape index (κ2) is 7.10. The van der Waals surface area contributed by atoms with Crippen molar-refractivity contribution < 1.29 is 5.11 Å². The molecule has 1 aromatic rings.